The van der Waals surface area contributed by atoms with Crippen LogP contribution in [0.1, 0.15) is 23.0 Å². The van der Waals surface area contributed by atoms with Crippen LogP contribution in [-0.2, 0) is 13.7 Å². The number of carbonyl (C=O) groups is 1. The molecule has 6 nitrogen and oxygen atoms in total. The molecule has 0 aliphatic carbocycles. The van der Waals surface area contributed by atoms with Gasteiger partial charge in [-0.2, -0.15) is 5.10 Å². The molecule has 3 rings (SSSR count). The number of halogens is 1. The van der Waals surface area contributed by atoms with Crippen molar-refractivity contribution < 1.29 is 14.3 Å². The molecule has 0 saturated carbocycles. The summed E-state index contributed by atoms with van der Waals surface area (Å²) >= 11 is 0. The molecule has 23 heavy (non-hydrogen) atoms. The van der Waals surface area contributed by atoms with E-state index in [2.05, 4.69) is 10.1 Å². The molecular weight excluding hydrogens is 301 g/mol. The van der Waals surface area contributed by atoms with Crippen molar-refractivity contribution in [3.05, 3.63) is 51.8 Å². The lowest BCUT2D eigenvalue weighted by Crippen LogP contribution is -2.10. The number of Topliss-reactive ketones (excluding diaryl/α,β-unsaturated/α-hetero) is 1. The molecule has 2 N–H and O–H groups in total. The fraction of sp³-hybridized carbons (Fsp3) is 0.188. The first-order valence-corrected chi connectivity index (χ1v) is 6.92. The van der Waals surface area contributed by atoms with E-state index >= 15 is 0 Å². The Labute approximate surface area is 130 Å². The number of ketones is 1. The van der Waals surface area contributed by atoms with Crippen molar-refractivity contribution in [2.45, 2.75) is 13.5 Å². The summed E-state index contributed by atoms with van der Waals surface area (Å²) in [6.07, 6.45) is 1.65. The Bertz CT molecular complexity index is 988. The molecule has 2 aromatic heterocycles. The number of benzene rings is 1. The Hall–Kier alpha value is -2.80. The van der Waals surface area contributed by atoms with E-state index in [1.165, 1.54) is 11.6 Å². The van der Waals surface area contributed by atoms with Crippen molar-refractivity contribution in [2.75, 3.05) is 0 Å². The van der Waals surface area contributed by atoms with Gasteiger partial charge in [-0.1, -0.05) is 0 Å². The number of nitrogens with zero attached hydrogens (tertiary/aromatic N) is 2. The van der Waals surface area contributed by atoms with Gasteiger partial charge in [-0.05, 0) is 25.1 Å². The fourth-order valence-corrected chi connectivity index (χ4v) is 2.64. The molecule has 0 aliphatic rings. The predicted octanol–water partition coefficient (Wildman–Crippen LogP) is 1.76. The van der Waals surface area contributed by atoms with Crippen LogP contribution in [-0.4, -0.2) is 25.7 Å². The first kappa shape index (κ1) is 15.1. The average Bonchev–Trinajstić information content (AvgIpc) is 2.88. The maximum absolute atomic E-state index is 13.6. The van der Waals surface area contributed by atoms with E-state index in [-0.39, 0.29) is 23.3 Å². The number of rotatable bonds is 3. The zero-order valence-electron chi connectivity index (χ0n) is 12.6. The number of nitrogens with one attached hydrogen (secondary N) is 1. The Morgan fingerprint density at radius 1 is 1.35 bits per heavy atom. The van der Waals surface area contributed by atoms with Gasteiger partial charge >= 0.3 is 0 Å². The zero-order chi connectivity index (χ0) is 16.7. The highest BCUT2D eigenvalue weighted by molar-refractivity contribution is 6.07. The van der Waals surface area contributed by atoms with Crippen LogP contribution < -0.4 is 5.56 Å². The SMILES string of the molecule is CC(=O)c1cc(F)cc2c(=O)[nH]c(-c3cn(C)nc3CO)cc12. The Morgan fingerprint density at radius 2 is 2.09 bits per heavy atom. The smallest absolute Gasteiger partial charge is 0.256 e. The largest absolute Gasteiger partial charge is 0.390 e. The summed E-state index contributed by atoms with van der Waals surface area (Å²) in [6.45, 7) is 1.03. The van der Waals surface area contributed by atoms with E-state index in [1.54, 1.807) is 19.3 Å². The quantitative estimate of drug-likeness (QED) is 0.721. The van der Waals surface area contributed by atoms with Crippen molar-refractivity contribution in [1.82, 2.24) is 14.8 Å². The number of aliphatic hydroxyl groups excluding tert-OH is 1. The van der Waals surface area contributed by atoms with Crippen molar-refractivity contribution in [3.63, 3.8) is 0 Å². The molecule has 0 bridgehead atoms. The monoisotopic (exact) mass is 315 g/mol. The van der Waals surface area contributed by atoms with Gasteiger partial charge in [0.15, 0.2) is 5.78 Å². The third-order valence-corrected chi connectivity index (χ3v) is 3.65. The van der Waals surface area contributed by atoms with Crippen LogP contribution in [0.15, 0.2) is 29.2 Å². The number of aromatic amines is 1. The van der Waals surface area contributed by atoms with E-state index in [0.29, 0.717) is 22.3 Å². The maximum atomic E-state index is 13.6. The number of H-pyrrole nitrogens is 1. The van der Waals surface area contributed by atoms with Gasteiger partial charge < -0.3 is 10.1 Å². The van der Waals surface area contributed by atoms with Crippen LogP contribution in [0.25, 0.3) is 22.0 Å². The van der Waals surface area contributed by atoms with E-state index in [9.17, 15) is 19.1 Å². The van der Waals surface area contributed by atoms with Gasteiger partial charge in [-0.25, -0.2) is 4.39 Å². The second kappa shape index (κ2) is 5.44. The summed E-state index contributed by atoms with van der Waals surface area (Å²) in [7, 11) is 1.69. The van der Waals surface area contributed by atoms with Gasteiger partial charge in [-0.3, -0.25) is 14.3 Å². The molecule has 0 aliphatic heterocycles. The van der Waals surface area contributed by atoms with Gasteiger partial charge in [0.1, 0.15) is 5.82 Å². The highest BCUT2D eigenvalue weighted by atomic mass is 19.1. The van der Waals surface area contributed by atoms with Gasteiger partial charge in [-0.15, -0.1) is 0 Å². The van der Waals surface area contributed by atoms with Crippen LogP contribution in [0.2, 0.25) is 0 Å². The number of fused-ring (bicyclic) bond motifs is 1. The van der Waals surface area contributed by atoms with Crippen LogP contribution in [0.4, 0.5) is 4.39 Å². The number of aryl methyl sites for hydroxylation is 1. The summed E-state index contributed by atoms with van der Waals surface area (Å²) in [5, 5.41) is 14.0. The van der Waals surface area contributed by atoms with E-state index in [0.717, 1.165) is 12.1 Å². The molecule has 0 saturated heterocycles. The maximum Gasteiger partial charge on any atom is 0.256 e. The second-order valence-electron chi connectivity index (χ2n) is 5.30. The number of hydrogen-bond acceptors (Lipinski definition) is 4. The lowest BCUT2D eigenvalue weighted by atomic mass is 10.0. The van der Waals surface area contributed by atoms with E-state index in [4.69, 9.17) is 0 Å². The van der Waals surface area contributed by atoms with Crippen molar-refractivity contribution >= 4 is 16.6 Å². The molecule has 2 heterocycles. The summed E-state index contributed by atoms with van der Waals surface area (Å²) in [5.41, 5.74) is 0.990. The fourth-order valence-electron chi connectivity index (χ4n) is 2.64. The first-order chi connectivity index (χ1) is 10.9. The molecule has 0 unspecified atom stereocenters. The highest BCUT2D eigenvalue weighted by Gasteiger charge is 2.15. The lowest BCUT2D eigenvalue weighted by molar-refractivity contribution is 0.101. The summed E-state index contributed by atoms with van der Waals surface area (Å²) < 4.78 is 15.1. The molecule has 1 aromatic carbocycles. The number of aliphatic hydroxyl groups is 1. The number of pyridine rings is 1. The minimum Gasteiger partial charge on any atom is -0.390 e. The molecule has 7 heteroatoms. The van der Waals surface area contributed by atoms with Crippen LogP contribution >= 0.6 is 0 Å². The third-order valence-electron chi connectivity index (χ3n) is 3.65. The van der Waals surface area contributed by atoms with Gasteiger partial charge in [0.25, 0.3) is 5.56 Å². The van der Waals surface area contributed by atoms with Gasteiger partial charge in [0.2, 0.25) is 0 Å². The number of hydrogen-bond donors (Lipinski definition) is 2. The normalized spacial score (nSPS) is 11.1. The minimum atomic E-state index is -0.640. The number of aromatic nitrogens is 3. The lowest BCUT2D eigenvalue weighted by Gasteiger charge is -2.07. The minimum absolute atomic E-state index is 0.105. The average molecular weight is 315 g/mol. The molecule has 0 fully saturated rings. The molecule has 0 atom stereocenters. The third kappa shape index (κ3) is 2.55. The molecular formula is C16H14FN3O3. The van der Waals surface area contributed by atoms with Crippen LogP contribution in [0.5, 0.6) is 0 Å². The summed E-state index contributed by atoms with van der Waals surface area (Å²) in [5.74, 6) is -0.974. The molecule has 0 spiro atoms. The Kier molecular flexibility index (Phi) is 3.57. The topological polar surface area (TPSA) is 88.0 Å². The van der Waals surface area contributed by atoms with E-state index < -0.39 is 11.4 Å². The molecule has 3 aromatic rings. The second-order valence-corrected chi connectivity index (χ2v) is 5.30. The number of carbonyl (C=O) groups excluding carboxylic acids is 1. The summed E-state index contributed by atoms with van der Waals surface area (Å²) in [4.78, 5) is 26.7. The first-order valence-electron chi connectivity index (χ1n) is 6.92. The van der Waals surface area contributed by atoms with Crippen molar-refractivity contribution in [2.24, 2.45) is 7.05 Å². The zero-order valence-corrected chi connectivity index (χ0v) is 12.6. The van der Waals surface area contributed by atoms with Crippen LogP contribution in [0, 0.1) is 5.82 Å². The van der Waals surface area contributed by atoms with Gasteiger partial charge in [0.05, 0.1) is 23.4 Å². The van der Waals surface area contributed by atoms with Crippen molar-refractivity contribution in [3.8, 4) is 11.3 Å². The molecule has 0 amide bonds. The van der Waals surface area contributed by atoms with Gasteiger partial charge in [0, 0.05) is 29.8 Å². The predicted molar refractivity (Wildman–Crippen MR) is 82.7 cm³/mol. The summed E-state index contributed by atoms with van der Waals surface area (Å²) in [6, 6.07) is 3.81. The highest BCUT2D eigenvalue weighted by Crippen LogP contribution is 2.25. The Balaban J connectivity index is 2.37. The van der Waals surface area contributed by atoms with E-state index in [1.807, 2.05) is 0 Å². The van der Waals surface area contributed by atoms with Crippen LogP contribution in [0.3, 0.4) is 0 Å². The van der Waals surface area contributed by atoms with Crippen molar-refractivity contribution in [1.29, 1.82) is 0 Å². The standard InChI is InChI=1S/C16H14FN3O3/c1-8(22)10-3-9(17)4-12-11(10)5-14(18-16(12)23)13-6-20(2)19-15(13)7-21/h3-6,21H,7H2,1-2H3,(H,18,23). The molecule has 118 valence electrons. The molecule has 0 radical (unpaired) electrons. The Morgan fingerprint density at radius 3 is 2.74 bits per heavy atom.